The van der Waals surface area contributed by atoms with Crippen molar-refractivity contribution >= 4 is 35.2 Å². The molecule has 0 bridgehead atoms. The Hall–Kier alpha value is -3.00. The Morgan fingerprint density at radius 3 is 2.48 bits per heavy atom. The summed E-state index contributed by atoms with van der Waals surface area (Å²) < 4.78 is 4.90. The van der Waals surface area contributed by atoms with E-state index in [2.05, 4.69) is 5.32 Å². The number of thioether (sulfide) groups is 1. The van der Waals surface area contributed by atoms with Crippen LogP contribution < -0.4 is 5.32 Å². The highest BCUT2D eigenvalue weighted by Crippen LogP contribution is 2.24. The number of para-hydroxylation sites is 2. The fourth-order valence-corrected chi connectivity index (χ4v) is 2.76. The van der Waals surface area contributed by atoms with E-state index in [-0.39, 0.29) is 23.8 Å². The van der Waals surface area contributed by atoms with Gasteiger partial charge in [0.25, 0.3) is 5.91 Å². The third kappa shape index (κ3) is 5.75. The van der Waals surface area contributed by atoms with E-state index in [1.807, 2.05) is 24.5 Å². The van der Waals surface area contributed by atoms with E-state index in [0.717, 1.165) is 9.80 Å². The number of aromatic hydroxyl groups is 1. The first-order chi connectivity index (χ1) is 12.9. The van der Waals surface area contributed by atoms with Gasteiger partial charge in [0.05, 0.1) is 12.2 Å². The summed E-state index contributed by atoms with van der Waals surface area (Å²) in [7, 11) is 1.44. The number of ether oxygens (including phenoxy) is 1. The van der Waals surface area contributed by atoms with E-state index in [9.17, 15) is 19.5 Å². The minimum atomic E-state index is -0.812. The lowest BCUT2D eigenvalue weighted by Gasteiger charge is -2.17. The molecular weight excluding hydrogens is 368 g/mol. The molecule has 0 aliphatic rings. The number of benzene rings is 2. The number of hydrogen-bond acceptors (Lipinski definition) is 6. The quantitative estimate of drug-likeness (QED) is 0.558. The number of carbonyl (C=O) groups is 3. The molecule has 0 radical (unpaired) electrons. The number of rotatable bonds is 7. The Morgan fingerprint density at radius 2 is 1.78 bits per heavy atom. The van der Waals surface area contributed by atoms with E-state index >= 15 is 0 Å². The van der Waals surface area contributed by atoms with E-state index < -0.39 is 18.5 Å². The van der Waals surface area contributed by atoms with Crippen molar-refractivity contribution < 1.29 is 24.2 Å². The average Bonchev–Trinajstić information content (AvgIpc) is 2.66. The summed E-state index contributed by atoms with van der Waals surface area (Å²) in [5.74, 6) is -1.94. The lowest BCUT2D eigenvalue weighted by molar-refractivity contribution is -0.136. The molecule has 2 N–H and O–H groups in total. The predicted octanol–water partition coefficient (Wildman–Crippen LogP) is 2.37. The zero-order chi connectivity index (χ0) is 19.8. The monoisotopic (exact) mass is 388 g/mol. The van der Waals surface area contributed by atoms with Crippen LogP contribution in [0.5, 0.6) is 5.75 Å². The highest BCUT2D eigenvalue weighted by Gasteiger charge is 2.18. The molecule has 2 aromatic carbocycles. The molecule has 2 aromatic rings. The molecule has 2 rings (SSSR count). The predicted molar refractivity (Wildman–Crippen MR) is 103 cm³/mol. The second-order valence-corrected chi connectivity index (χ2v) is 6.44. The summed E-state index contributed by atoms with van der Waals surface area (Å²) in [6.07, 6.45) is 1.90. The molecule has 7 nitrogen and oxygen atoms in total. The molecule has 0 aliphatic carbocycles. The summed E-state index contributed by atoms with van der Waals surface area (Å²) in [5.41, 5.74) is 0.640. The second-order valence-electron chi connectivity index (χ2n) is 5.59. The fraction of sp³-hybridized carbons (Fsp3) is 0.211. The molecule has 0 heterocycles. The van der Waals surface area contributed by atoms with Crippen LogP contribution in [0.15, 0.2) is 53.4 Å². The van der Waals surface area contributed by atoms with Gasteiger partial charge in [-0.3, -0.25) is 9.59 Å². The average molecular weight is 388 g/mol. The highest BCUT2D eigenvalue weighted by molar-refractivity contribution is 7.98. The number of amides is 2. The van der Waals surface area contributed by atoms with Crippen LogP contribution in [0.1, 0.15) is 10.4 Å². The van der Waals surface area contributed by atoms with Gasteiger partial charge in [-0.1, -0.05) is 24.3 Å². The van der Waals surface area contributed by atoms with Gasteiger partial charge in [0, 0.05) is 11.9 Å². The molecular formula is C19H20N2O5S. The Labute approximate surface area is 161 Å². The van der Waals surface area contributed by atoms with Crippen LogP contribution in [-0.2, 0) is 14.3 Å². The third-order valence-electron chi connectivity index (χ3n) is 3.64. The van der Waals surface area contributed by atoms with Gasteiger partial charge in [0.15, 0.2) is 6.61 Å². The van der Waals surface area contributed by atoms with Crippen LogP contribution in [-0.4, -0.2) is 54.2 Å². The number of phenolic OH excluding ortho intramolecular Hbond substituents is 1. The van der Waals surface area contributed by atoms with Crippen molar-refractivity contribution in [3.63, 3.8) is 0 Å². The zero-order valence-electron chi connectivity index (χ0n) is 15.0. The maximum Gasteiger partial charge on any atom is 0.342 e. The molecule has 0 saturated heterocycles. The maximum absolute atomic E-state index is 12.1. The van der Waals surface area contributed by atoms with Gasteiger partial charge in [-0.2, -0.15) is 0 Å². The number of anilines is 1. The van der Waals surface area contributed by atoms with E-state index in [0.29, 0.717) is 5.69 Å². The summed E-state index contributed by atoms with van der Waals surface area (Å²) >= 11 is 1.50. The molecule has 0 fully saturated rings. The van der Waals surface area contributed by atoms with Crippen LogP contribution in [0.2, 0.25) is 0 Å². The van der Waals surface area contributed by atoms with Gasteiger partial charge in [0.1, 0.15) is 11.3 Å². The van der Waals surface area contributed by atoms with Crippen LogP contribution in [0, 0.1) is 0 Å². The van der Waals surface area contributed by atoms with Gasteiger partial charge < -0.3 is 20.1 Å². The maximum atomic E-state index is 12.1. The van der Waals surface area contributed by atoms with Gasteiger partial charge in [-0.05, 0) is 30.5 Å². The first kappa shape index (κ1) is 20.3. The van der Waals surface area contributed by atoms with Gasteiger partial charge in [0.2, 0.25) is 5.91 Å². The van der Waals surface area contributed by atoms with E-state index in [1.165, 1.54) is 30.9 Å². The van der Waals surface area contributed by atoms with Crippen LogP contribution in [0.4, 0.5) is 5.69 Å². The molecule has 0 saturated carbocycles. The first-order valence-electron chi connectivity index (χ1n) is 8.04. The Bertz CT molecular complexity index is 840. The molecule has 0 atom stereocenters. The van der Waals surface area contributed by atoms with Crippen molar-refractivity contribution in [3.05, 3.63) is 54.1 Å². The molecule has 0 unspecified atom stereocenters. The normalized spacial score (nSPS) is 10.1. The summed E-state index contributed by atoms with van der Waals surface area (Å²) in [6, 6.07) is 13.2. The van der Waals surface area contributed by atoms with Crippen molar-refractivity contribution in [3.8, 4) is 5.75 Å². The lowest BCUT2D eigenvalue weighted by Crippen LogP contribution is -2.37. The van der Waals surface area contributed by atoms with Crippen molar-refractivity contribution in [2.24, 2.45) is 0 Å². The molecule has 0 spiro atoms. The molecule has 8 heteroatoms. The van der Waals surface area contributed by atoms with Crippen molar-refractivity contribution in [2.45, 2.75) is 4.90 Å². The summed E-state index contributed by atoms with van der Waals surface area (Å²) in [6.45, 7) is -0.714. The largest absolute Gasteiger partial charge is 0.507 e. The van der Waals surface area contributed by atoms with Gasteiger partial charge >= 0.3 is 5.97 Å². The number of likely N-dealkylation sites (N-methyl/N-ethyl adjacent to an activating group) is 1. The van der Waals surface area contributed by atoms with Crippen LogP contribution >= 0.6 is 11.8 Å². The molecule has 0 aromatic heterocycles. The number of nitrogens with one attached hydrogen (secondary N) is 1. The molecule has 142 valence electrons. The Kier molecular flexibility index (Phi) is 7.25. The van der Waals surface area contributed by atoms with Gasteiger partial charge in [-0.15, -0.1) is 11.8 Å². The van der Waals surface area contributed by atoms with Crippen molar-refractivity contribution in [1.29, 1.82) is 0 Å². The molecule has 27 heavy (non-hydrogen) atoms. The fourth-order valence-electron chi connectivity index (χ4n) is 2.20. The number of nitrogens with zero attached hydrogens (tertiary/aromatic N) is 1. The number of esters is 1. The first-order valence-corrected chi connectivity index (χ1v) is 9.26. The number of carbonyl (C=O) groups excluding carboxylic acids is 3. The smallest absolute Gasteiger partial charge is 0.342 e. The highest BCUT2D eigenvalue weighted by atomic mass is 32.2. The molecule has 0 aliphatic heterocycles. The minimum absolute atomic E-state index is 0.0284. The van der Waals surface area contributed by atoms with Crippen molar-refractivity contribution in [1.82, 2.24) is 4.90 Å². The van der Waals surface area contributed by atoms with Crippen molar-refractivity contribution in [2.75, 3.05) is 31.8 Å². The third-order valence-corrected chi connectivity index (χ3v) is 4.43. The van der Waals surface area contributed by atoms with E-state index in [1.54, 1.807) is 18.2 Å². The minimum Gasteiger partial charge on any atom is -0.507 e. The van der Waals surface area contributed by atoms with Gasteiger partial charge in [-0.25, -0.2) is 4.79 Å². The lowest BCUT2D eigenvalue weighted by atomic mass is 10.2. The second kappa shape index (κ2) is 9.63. The van der Waals surface area contributed by atoms with Crippen LogP contribution in [0.25, 0.3) is 0 Å². The SMILES string of the molecule is CSc1ccccc1NC(=O)CN(C)C(=O)COC(=O)c1ccccc1O. The number of phenols is 1. The Balaban J connectivity index is 1.85. The standard InChI is InChI=1S/C19H20N2O5S/c1-21(11-17(23)20-14-8-4-6-10-16(14)27-2)18(24)12-26-19(25)13-7-3-5-9-15(13)22/h3-10,22H,11-12H2,1-2H3,(H,20,23). The number of hydrogen-bond donors (Lipinski definition) is 2. The summed E-state index contributed by atoms with van der Waals surface area (Å²) in [5, 5.41) is 12.4. The molecule has 2 amide bonds. The summed E-state index contributed by atoms with van der Waals surface area (Å²) in [4.78, 5) is 38.2. The zero-order valence-corrected chi connectivity index (χ0v) is 15.8. The Morgan fingerprint density at radius 1 is 1.11 bits per heavy atom. The van der Waals surface area contributed by atoms with Crippen LogP contribution in [0.3, 0.4) is 0 Å². The topological polar surface area (TPSA) is 95.9 Å². The van der Waals surface area contributed by atoms with E-state index in [4.69, 9.17) is 4.74 Å².